The van der Waals surface area contributed by atoms with Crippen molar-refractivity contribution >= 4 is 23.2 Å². The minimum absolute atomic E-state index is 0.150. The van der Waals surface area contributed by atoms with Crippen LogP contribution < -0.4 is 10.1 Å². The highest BCUT2D eigenvalue weighted by atomic mass is 35.5. The van der Waals surface area contributed by atoms with Crippen LogP contribution in [0.25, 0.3) is 0 Å². The monoisotopic (exact) mass is 450 g/mol. The molecule has 0 aliphatic rings. The summed E-state index contributed by atoms with van der Waals surface area (Å²) < 4.78 is 13.0. The third kappa shape index (κ3) is 5.00. The Morgan fingerprint density at radius 3 is 2.62 bits per heavy atom. The van der Waals surface area contributed by atoms with Gasteiger partial charge in [0.2, 0.25) is 0 Å². The van der Waals surface area contributed by atoms with Crippen LogP contribution in [0.15, 0.2) is 59.1 Å². The number of amides is 1. The van der Waals surface area contributed by atoms with Crippen LogP contribution in [0.4, 0.5) is 5.69 Å². The number of aromatic nitrogens is 3. The summed E-state index contributed by atoms with van der Waals surface area (Å²) in [5.74, 6) is 0.806. The molecular weight excluding hydrogens is 428 g/mol. The van der Waals surface area contributed by atoms with Crippen LogP contribution in [0, 0.1) is 20.8 Å². The molecule has 0 aliphatic heterocycles. The molecule has 0 saturated carbocycles. The molecule has 4 rings (SSSR count). The lowest BCUT2D eigenvalue weighted by Gasteiger charge is -2.09. The van der Waals surface area contributed by atoms with Gasteiger partial charge >= 0.3 is 0 Å². The molecule has 2 aromatic carbocycles. The number of aryl methyl sites for hydroxylation is 3. The molecule has 2 heterocycles. The van der Waals surface area contributed by atoms with Crippen molar-refractivity contribution in [2.24, 2.45) is 0 Å². The van der Waals surface area contributed by atoms with Gasteiger partial charge in [0.1, 0.15) is 18.1 Å². The lowest BCUT2D eigenvalue weighted by molar-refractivity contribution is 0.101. The number of halogens is 1. The first-order valence-corrected chi connectivity index (χ1v) is 10.5. The van der Waals surface area contributed by atoms with Gasteiger partial charge in [0.05, 0.1) is 17.8 Å². The Bertz CT molecular complexity index is 1240. The van der Waals surface area contributed by atoms with Crippen molar-refractivity contribution in [3.8, 4) is 5.75 Å². The van der Waals surface area contributed by atoms with Crippen LogP contribution in [0.1, 0.15) is 38.8 Å². The second-order valence-electron chi connectivity index (χ2n) is 7.55. The minimum Gasteiger partial charge on any atom is -0.489 e. The standard InChI is InChI=1S/C24H23ClN4O3/c1-15-11-16(2)29(27-15)13-18-5-4-6-20(12-18)26-24(30)23-22(17(3)32-28-23)14-31-21-9-7-19(25)8-10-21/h4-12H,13-14H2,1-3H3,(H,26,30). The molecule has 32 heavy (non-hydrogen) atoms. The Balaban J connectivity index is 1.46. The van der Waals surface area contributed by atoms with Crippen molar-refractivity contribution in [1.82, 2.24) is 14.9 Å². The van der Waals surface area contributed by atoms with Crippen molar-refractivity contribution in [3.05, 3.63) is 93.6 Å². The summed E-state index contributed by atoms with van der Waals surface area (Å²) in [4.78, 5) is 12.9. The largest absolute Gasteiger partial charge is 0.489 e. The first-order valence-electron chi connectivity index (χ1n) is 10.1. The average molecular weight is 451 g/mol. The van der Waals surface area contributed by atoms with E-state index >= 15 is 0 Å². The van der Waals surface area contributed by atoms with Crippen LogP contribution in [-0.4, -0.2) is 20.8 Å². The number of nitrogens with one attached hydrogen (secondary N) is 1. The van der Waals surface area contributed by atoms with E-state index in [1.165, 1.54) is 0 Å². The summed E-state index contributed by atoms with van der Waals surface area (Å²) >= 11 is 5.91. The van der Waals surface area contributed by atoms with Gasteiger partial charge in [-0.25, -0.2) is 0 Å². The van der Waals surface area contributed by atoms with Gasteiger partial charge < -0.3 is 14.6 Å². The van der Waals surface area contributed by atoms with Gasteiger partial charge in [-0.15, -0.1) is 0 Å². The maximum absolute atomic E-state index is 12.9. The van der Waals surface area contributed by atoms with Gasteiger partial charge in [-0.05, 0) is 68.8 Å². The first-order chi connectivity index (χ1) is 15.4. The molecule has 1 N–H and O–H groups in total. The van der Waals surface area contributed by atoms with E-state index in [1.54, 1.807) is 31.2 Å². The van der Waals surface area contributed by atoms with E-state index in [-0.39, 0.29) is 18.2 Å². The molecule has 0 unspecified atom stereocenters. The molecule has 164 valence electrons. The summed E-state index contributed by atoms with van der Waals surface area (Å²) in [5, 5.41) is 12.0. The van der Waals surface area contributed by atoms with Crippen LogP contribution in [0.3, 0.4) is 0 Å². The number of rotatable bonds is 7. The Morgan fingerprint density at radius 1 is 1.12 bits per heavy atom. The van der Waals surface area contributed by atoms with Gasteiger partial charge in [-0.2, -0.15) is 5.10 Å². The normalized spacial score (nSPS) is 10.9. The van der Waals surface area contributed by atoms with Crippen molar-refractivity contribution in [2.75, 3.05) is 5.32 Å². The van der Waals surface area contributed by atoms with Crippen LogP contribution in [0.2, 0.25) is 5.02 Å². The molecule has 1 amide bonds. The number of hydrogen-bond acceptors (Lipinski definition) is 5. The number of anilines is 1. The highest BCUT2D eigenvalue weighted by Gasteiger charge is 2.21. The second kappa shape index (κ2) is 9.28. The summed E-state index contributed by atoms with van der Waals surface area (Å²) in [6.45, 7) is 6.50. The van der Waals surface area contributed by atoms with Crippen LogP contribution in [0.5, 0.6) is 5.75 Å². The Kier molecular flexibility index (Phi) is 6.28. The van der Waals surface area contributed by atoms with Crippen molar-refractivity contribution in [2.45, 2.75) is 33.9 Å². The fourth-order valence-corrected chi connectivity index (χ4v) is 3.50. The van der Waals surface area contributed by atoms with E-state index in [9.17, 15) is 4.79 Å². The van der Waals surface area contributed by atoms with Crippen molar-refractivity contribution < 1.29 is 14.1 Å². The quantitative estimate of drug-likeness (QED) is 0.411. The van der Waals surface area contributed by atoms with Crippen molar-refractivity contribution in [1.29, 1.82) is 0 Å². The highest BCUT2D eigenvalue weighted by molar-refractivity contribution is 6.30. The number of nitrogens with zero attached hydrogens (tertiary/aromatic N) is 3. The number of ether oxygens (including phenoxy) is 1. The highest BCUT2D eigenvalue weighted by Crippen LogP contribution is 2.21. The maximum Gasteiger partial charge on any atom is 0.278 e. The number of hydrogen-bond donors (Lipinski definition) is 1. The molecule has 2 aromatic heterocycles. The molecule has 0 aliphatic carbocycles. The van der Waals surface area contributed by atoms with E-state index in [4.69, 9.17) is 20.9 Å². The zero-order valence-electron chi connectivity index (χ0n) is 18.1. The molecule has 0 saturated heterocycles. The first kappa shape index (κ1) is 21.6. The molecular formula is C24H23ClN4O3. The smallest absolute Gasteiger partial charge is 0.278 e. The molecule has 8 heteroatoms. The molecule has 0 atom stereocenters. The fourth-order valence-electron chi connectivity index (χ4n) is 3.37. The minimum atomic E-state index is -0.361. The van der Waals surface area contributed by atoms with Crippen LogP contribution >= 0.6 is 11.6 Å². The topological polar surface area (TPSA) is 82.2 Å². The molecule has 0 spiro atoms. The van der Waals surface area contributed by atoms with E-state index < -0.39 is 0 Å². The van der Waals surface area contributed by atoms with E-state index in [0.29, 0.717) is 34.3 Å². The molecule has 0 fully saturated rings. The molecule has 7 nitrogen and oxygen atoms in total. The SMILES string of the molecule is Cc1cc(C)n(Cc2cccc(NC(=O)c3noc(C)c3COc3ccc(Cl)cc3)c2)n1. The van der Waals surface area contributed by atoms with E-state index in [2.05, 4.69) is 15.6 Å². The lowest BCUT2D eigenvalue weighted by atomic mass is 10.1. The van der Waals surface area contributed by atoms with Gasteiger partial charge in [0, 0.05) is 16.4 Å². The van der Waals surface area contributed by atoms with Gasteiger partial charge in [0.25, 0.3) is 5.91 Å². The molecule has 0 bridgehead atoms. The summed E-state index contributed by atoms with van der Waals surface area (Å²) in [6, 6.07) is 16.7. The molecule has 4 aromatic rings. The zero-order chi connectivity index (χ0) is 22.7. The van der Waals surface area contributed by atoms with Crippen molar-refractivity contribution in [3.63, 3.8) is 0 Å². The zero-order valence-corrected chi connectivity index (χ0v) is 18.8. The number of carbonyl (C=O) groups is 1. The fraction of sp³-hybridized carbons (Fsp3) is 0.208. The summed E-state index contributed by atoms with van der Waals surface area (Å²) in [5.41, 5.74) is 4.54. The maximum atomic E-state index is 12.9. The van der Waals surface area contributed by atoms with Gasteiger partial charge in [-0.3, -0.25) is 9.48 Å². The second-order valence-corrected chi connectivity index (χ2v) is 7.98. The van der Waals surface area contributed by atoms with E-state index in [0.717, 1.165) is 17.0 Å². The Hall–Kier alpha value is -3.58. The van der Waals surface area contributed by atoms with Crippen LogP contribution in [-0.2, 0) is 13.2 Å². The summed E-state index contributed by atoms with van der Waals surface area (Å²) in [7, 11) is 0. The Labute approximate surface area is 190 Å². The van der Waals surface area contributed by atoms with E-state index in [1.807, 2.05) is 48.9 Å². The third-order valence-electron chi connectivity index (χ3n) is 5.02. The Morgan fingerprint density at radius 2 is 1.91 bits per heavy atom. The summed E-state index contributed by atoms with van der Waals surface area (Å²) in [6.07, 6.45) is 0. The molecule has 0 radical (unpaired) electrons. The predicted octanol–water partition coefficient (Wildman–Crippen LogP) is 5.33. The third-order valence-corrected chi connectivity index (χ3v) is 5.27. The van der Waals surface area contributed by atoms with Gasteiger partial charge in [0.15, 0.2) is 5.69 Å². The number of carbonyl (C=O) groups excluding carboxylic acids is 1. The lowest BCUT2D eigenvalue weighted by Crippen LogP contribution is -2.15. The number of benzene rings is 2. The van der Waals surface area contributed by atoms with Gasteiger partial charge in [-0.1, -0.05) is 28.9 Å². The predicted molar refractivity (Wildman–Crippen MR) is 122 cm³/mol. The average Bonchev–Trinajstić information content (AvgIpc) is 3.28.